The van der Waals surface area contributed by atoms with E-state index in [0.29, 0.717) is 5.92 Å². The number of hydrogen-bond donors (Lipinski definition) is 2. The van der Waals surface area contributed by atoms with Crippen LogP contribution in [0.2, 0.25) is 0 Å². The van der Waals surface area contributed by atoms with Crippen LogP contribution in [-0.2, 0) is 9.47 Å². The lowest BCUT2D eigenvalue weighted by Gasteiger charge is -2.41. The molecule has 0 aromatic heterocycles. The molecule has 4 heteroatoms. The molecule has 1 saturated carbocycles. The molecule has 1 heterocycles. The third-order valence-electron chi connectivity index (χ3n) is 4.54. The van der Waals surface area contributed by atoms with Gasteiger partial charge in [0.1, 0.15) is 0 Å². The van der Waals surface area contributed by atoms with Gasteiger partial charge in [-0.25, -0.2) is 0 Å². The Morgan fingerprint density at radius 1 is 1.29 bits per heavy atom. The number of methoxy groups -OCH3 is 1. The lowest BCUT2D eigenvalue weighted by Crippen LogP contribution is -2.58. The first-order valence-corrected chi connectivity index (χ1v) is 6.91. The molecule has 100 valence electrons. The highest BCUT2D eigenvalue weighted by molar-refractivity contribution is 4.98. The summed E-state index contributed by atoms with van der Waals surface area (Å²) in [5.74, 6) is 6.31. The Morgan fingerprint density at radius 3 is 2.47 bits per heavy atom. The van der Waals surface area contributed by atoms with Crippen molar-refractivity contribution in [3.8, 4) is 0 Å². The third kappa shape index (κ3) is 2.81. The molecule has 4 nitrogen and oxygen atoms in total. The van der Waals surface area contributed by atoms with Crippen molar-refractivity contribution < 1.29 is 9.47 Å². The molecule has 1 aliphatic carbocycles. The highest BCUT2D eigenvalue weighted by Crippen LogP contribution is 2.37. The molecule has 0 bridgehead atoms. The monoisotopic (exact) mass is 242 g/mol. The highest BCUT2D eigenvalue weighted by atomic mass is 16.5. The van der Waals surface area contributed by atoms with Gasteiger partial charge in [-0.2, -0.15) is 0 Å². The molecule has 1 saturated heterocycles. The van der Waals surface area contributed by atoms with Gasteiger partial charge in [0.25, 0.3) is 0 Å². The van der Waals surface area contributed by atoms with Crippen LogP contribution in [0.1, 0.15) is 44.9 Å². The predicted molar refractivity (Wildman–Crippen MR) is 67.5 cm³/mol. The minimum atomic E-state index is -0.0797. The molecular formula is C13H26N2O2. The van der Waals surface area contributed by atoms with Gasteiger partial charge in [-0.15, -0.1) is 0 Å². The number of hydrazine groups is 1. The van der Waals surface area contributed by atoms with Crippen LogP contribution in [0.15, 0.2) is 0 Å². The van der Waals surface area contributed by atoms with Crippen molar-refractivity contribution in [2.45, 2.75) is 56.6 Å². The van der Waals surface area contributed by atoms with E-state index in [0.717, 1.165) is 32.5 Å². The van der Waals surface area contributed by atoms with Gasteiger partial charge in [0.05, 0.1) is 18.2 Å². The summed E-state index contributed by atoms with van der Waals surface area (Å²) in [6.07, 6.45) is 8.48. The Bertz CT molecular complexity index is 221. The standard InChI is InChI=1S/C13H26N2O2/c1-16-13(7-4-2-3-5-8-13)12(15-14)11-6-9-17-10-11/h11-12,15H,2-10,14H2,1H3. The quantitative estimate of drug-likeness (QED) is 0.446. The van der Waals surface area contributed by atoms with Crippen LogP contribution in [0.4, 0.5) is 0 Å². The molecule has 2 unspecified atom stereocenters. The zero-order chi connectivity index (χ0) is 12.1. The molecule has 3 N–H and O–H groups in total. The average Bonchev–Trinajstić information content (AvgIpc) is 2.76. The molecule has 0 aromatic carbocycles. The van der Waals surface area contributed by atoms with Crippen LogP contribution >= 0.6 is 0 Å². The van der Waals surface area contributed by atoms with Crippen LogP contribution < -0.4 is 11.3 Å². The largest absolute Gasteiger partial charge is 0.381 e. The van der Waals surface area contributed by atoms with E-state index >= 15 is 0 Å². The Kier molecular flexibility index (Phi) is 4.79. The highest BCUT2D eigenvalue weighted by Gasteiger charge is 2.43. The number of nitrogens with one attached hydrogen (secondary N) is 1. The van der Waals surface area contributed by atoms with Gasteiger partial charge in [0, 0.05) is 19.6 Å². The van der Waals surface area contributed by atoms with Crippen LogP contribution in [0.25, 0.3) is 0 Å². The fourth-order valence-electron chi connectivity index (χ4n) is 3.50. The molecular weight excluding hydrogens is 216 g/mol. The molecule has 2 fully saturated rings. The third-order valence-corrected chi connectivity index (χ3v) is 4.54. The van der Waals surface area contributed by atoms with Crippen molar-refractivity contribution in [2.75, 3.05) is 20.3 Å². The molecule has 17 heavy (non-hydrogen) atoms. The summed E-state index contributed by atoms with van der Waals surface area (Å²) in [6, 6.07) is 0.230. The van der Waals surface area contributed by atoms with Crippen LogP contribution in [-0.4, -0.2) is 32.0 Å². The van der Waals surface area contributed by atoms with E-state index in [2.05, 4.69) is 5.43 Å². The van der Waals surface area contributed by atoms with E-state index in [4.69, 9.17) is 15.3 Å². The summed E-state index contributed by atoms with van der Waals surface area (Å²) in [7, 11) is 1.84. The summed E-state index contributed by atoms with van der Waals surface area (Å²) in [5, 5.41) is 0. The number of rotatable bonds is 4. The SMILES string of the molecule is COC1(C(NN)C2CCOC2)CCCCCC1. The topological polar surface area (TPSA) is 56.5 Å². The van der Waals surface area contributed by atoms with Gasteiger partial charge in [0.2, 0.25) is 0 Å². The summed E-state index contributed by atoms with van der Waals surface area (Å²) >= 11 is 0. The molecule has 2 atom stereocenters. The fourth-order valence-corrected chi connectivity index (χ4v) is 3.50. The van der Waals surface area contributed by atoms with Crippen molar-refractivity contribution >= 4 is 0 Å². The van der Waals surface area contributed by atoms with Crippen LogP contribution in [0.3, 0.4) is 0 Å². The van der Waals surface area contributed by atoms with Crippen molar-refractivity contribution in [1.82, 2.24) is 5.43 Å². The summed E-state index contributed by atoms with van der Waals surface area (Å²) in [4.78, 5) is 0. The second-order valence-corrected chi connectivity index (χ2v) is 5.45. The number of hydrogen-bond acceptors (Lipinski definition) is 4. The van der Waals surface area contributed by atoms with Crippen LogP contribution in [0.5, 0.6) is 0 Å². The molecule has 2 aliphatic rings. The van der Waals surface area contributed by atoms with Gasteiger partial charge in [-0.1, -0.05) is 25.7 Å². The van der Waals surface area contributed by atoms with Crippen LogP contribution in [0, 0.1) is 5.92 Å². The zero-order valence-corrected chi connectivity index (χ0v) is 10.9. The first-order chi connectivity index (χ1) is 8.32. The van der Waals surface area contributed by atoms with Gasteiger partial charge < -0.3 is 9.47 Å². The maximum absolute atomic E-state index is 5.93. The van der Waals surface area contributed by atoms with Gasteiger partial charge in [-0.3, -0.25) is 11.3 Å². The Balaban J connectivity index is 2.11. The fraction of sp³-hybridized carbons (Fsp3) is 1.00. The van der Waals surface area contributed by atoms with E-state index in [1.165, 1.54) is 25.7 Å². The summed E-state index contributed by atoms with van der Waals surface area (Å²) in [5.41, 5.74) is 2.95. The lowest BCUT2D eigenvalue weighted by atomic mass is 9.79. The van der Waals surface area contributed by atoms with E-state index in [9.17, 15) is 0 Å². The molecule has 1 aliphatic heterocycles. The predicted octanol–water partition coefficient (Wildman–Crippen LogP) is 1.59. The summed E-state index contributed by atoms with van der Waals surface area (Å²) in [6.45, 7) is 1.68. The van der Waals surface area contributed by atoms with Crippen molar-refractivity contribution in [2.24, 2.45) is 11.8 Å². The van der Waals surface area contributed by atoms with Gasteiger partial charge in [0.15, 0.2) is 0 Å². The van der Waals surface area contributed by atoms with Gasteiger partial charge in [-0.05, 0) is 19.3 Å². The maximum atomic E-state index is 5.93. The lowest BCUT2D eigenvalue weighted by molar-refractivity contribution is -0.0686. The minimum absolute atomic E-state index is 0.0797. The second-order valence-electron chi connectivity index (χ2n) is 5.45. The minimum Gasteiger partial charge on any atom is -0.381 e. The molecule has 0 spiro atoms. The first-order valence-electron chi connectivity index (χ1n) is 6.91. The second kappa shape index (κ2) is 6.14. The Morgan fingerprint density at radius 2 is 2.00 bits per heavy atom. The van der Waals surface area contributed by atoms with E-state index in [1.54, 1.807) is 0 Å². The average molecular weight is 242 g/mol. The molecule has 0 amide bonds. The smallest absolute Gasteiger partial charge is 0.0848 e. The van der Waals surface area contributed by atoms with E-state index < -0.39 is 0 Å². The van der Waals surface area contributed by atoms with Crippen molar-refractivity contribution in [1.29, 1.82) is 0 Å². The van der Waals surface area contributed by atoms with E-state index in [-0.39, 0.29) is 11.6 Å². The maximum Gasteiger partial charge on any atom is 0.0848 e. The van der Waals surface area contributed by atoms with Crippen molar-refractivity contribution in [3.63, 3.8) is 0 Å². The molecule has 2 rings (SSSR count). The number of ether oxygens (including phenoxy) is 2. The van der Waals surface area contributed by atoms with Crippen molar-refractivity contribution in [3.05, 3.63) is 0 Å². The zero-order valence-electron chi connectivity index (χ0n) is 10.9. The Hall–Kier alpha value is -0.160. The molecule has 0 radical (unpaired) electrons. The van der Waals surface area contributed by atoms with E-state index in [1.807, 2.05) is 7.11 Å². The number of nitrogens with two attached hydrogens (primary N) is 1. The van der Waals surface area contributed by atoms with Gasteiger partial charge >= 0.3 is 0 Å². The normalized spacial score (nSPS) is 31.1. The Labute approximate surface area is 104 Å². The molecule has 0 aromatic rings. The summed E-state index contributed by atoms with van der Waals surface area (Å²) < 4.78 is 11.4. The first kappa shape index (κ1) is 13.3.